The predicted octanol–water partition coefficient (Wildman–Crippen LogP) is -2.01. The molecular weight excluding hydrogens is 589 g/mol. The molecule has 1 aromatic rings. The van der Waals surface area contributed by atoms with E-state index in [-0.39, 0.29) is 70.7 Å². The number of anilines is 1. The van der Waals surface area contributed by atoms with Crippen LogP contribution in [0.1, 0.15) is 20.3 Å². The molecule has 0 saturated carbocycles. The molecule has 0 aliphatic carbocycles. The SMILES string of the molecule is CCOc1c(NCCOCCOCCO[C@@H]2O[C@@H]3COP(=O)(O)O[C@@H]3[C@H](O)[C@H]2O[C@@H]2O[C@@H](C)[C@@H](O)C[C@@H]2O)c(=O)c1=O. The Kier molecular flexibility index (Phi) is 11.9. The number of nitrogens with one attached hydrogen (secondary N) is 1. The molecule has 4 rings (SSSR count). The third-order valence-electron chi connectivity index (χ3n) is 6.84. The topological polar surface area (TPSA) is 227 Å². The highest BCUT2D eigenvalue weighted by Crippen LogP contribution is 2.51. The van der Waals surface area contributed by atoms with Crippen molar-refractivity contribution in [1.82, 2.24) is 0 Å². The highest BCUT2D eigenvalue weighted by atomic mass is 31.2. The standard InChI is InChI=1S/C24H38NO16P/c1-3-35-21-16(17(28)18(21)29)25-4-5-33-6-7-34-8-9-36-24-22(40-23-14(27)10-13(26)12(2)38-23)19(30)20-15(39-24)11-37-42(31,32)41-20/h12-15,19-20,22-27,30H,3-11H2,1-2H3,(H,31,32)/t12-,13-,14-,15+,19-,20-,22+,23-,24+/m0/s1. The first-order valence-electron chi connectivity index (χ1n) is 13.7. The van der Waals surface area contributed by atoms with E-state index in [1.165, 1.54) is 0 Å². The van der Waals surface area contributed by atoms with Gasteiger partial charge in [-0.3, -0.25) is 18.6 Å². The van der Waals surface area contributed by atoms with Crippen LogP contribution in [0, 0.1) is 0 Å². The second-order valence-corrected chi connectivity index (χ2v) is 11.3. The minimum atomic E-state index is -4.41. The zero-order chi connectivity index (χ0) is 30.4. The largest absolute Gasteiger partial charge is 0.488 e. The van der Waals surface area contributed by atoms with Crippen LogP contribution in [0.5, 0.6) is 5.75 Å². The molecule has 0 spiro atoms. The molecule has 1 aromatic carbocycles. The van der Waals surface area contributed by atoms with Gasteiger partial charge in [0.2, 0.25) is 0 Å². The number of phosphoric acid groups is 1. The average Bonchev–Trinajstić information content (AvgIpc) is 2.95. The average molecular weight is 628 g/mol. The normalized spacial score (nSPS) is 37.0. The molecule has 3 fully saturated rings. The second-order valence-electron chi connectivity index (χ2n) is 9.87. The van der Waals surface area contributed by atoms with Gasteiger partial charge < -0.3 is 58.7 Å². The van der Waals surface area contributed by atoms with Crippen molar-refractivity contribution in [3.63, 3.8) is 0 Å². The van der Waals surface area contributed by atoms with Gasteiger partial charge in [0.05, 0.1) is 58.5 Å². The summed E-state index contributed by atoms with van der Waals surface area (Å²) in [4.78, 5) is 32.8. The molecule has 18 heteroatoms. The van der Waals surface area contributed by atoms with E-state index < -0.39 is 74.0 Å². The quantitative estimate of drug-likeness (QED) is 0.0804. The molecule has 3 aliphatic rings. The molecule has 1 unspecified atom stereocenters. The van der Waals surface area contributed by atoms with Crippen LogP contribution in [0.15, 0.2) is 9.59 Å². The smallest absolute Gasteiger partial charge is 0.472 e. The molecule has 3 saturated heterocycles. The first-order valence-corrected chi connectivity index (χ1v) is 15.1. The predicted molar refractivity (Wildman–Crippen MR) is 140 cm³/mol. The lowest BCUT2D eigenvalue weighted by Gasteiger charge is -2.47. The lowest BCUT2D eigenvalue weighted by atomic mass is 9.98. The highest BCUT2D eigenvalue weighted by molar-refractivity contribution is 7.47. The van der Waals surface area contributed by atoms with Gasteiger partial charge in [0.1, 0.15) is 36.2 Å². The van der Waals surface area contributed by atoms with Crippen molar-refractivity contribution in [2.24, 2.45) is 0 Å². The summed E-state index contributed by atoms with van der Waals surface area (Å²) in [6.07, 6.45) is -10.3. The van der Waals surface area contributed by atoms with Gasteiger partial charge in [-0.25, -0.2) is 4.57 Å². The number of fused-ring (bicyclic) bond motifs is 1. The molecule has 42 heavy (non-hydrogen) atoms. The maximum atomic E-state index is 11.9. The number of rotatable bonds is 15. The van der Waals surface area contributed by atoms with Gasteiger partial charge in [0.15, 0.2) is 18.3 Å². The lowest BCUT2D eigenvalue weighted by Crippen LogP contribution is -2.63. The highest BCUT2D eigenvalue weighted by Gasteiger charge is 2.54. The molecule has 0 amide bonds. The fourth-order valence-electron chi connectivity index (χ4n) is 4.62. The van der Waals surface area contributed by atoms with Crippen LogP contribution >= 0.6 is 7.82 Å². The van der Waals surface area contributed by atoms with Gasteiger partial charge in [0, 0.05) is 13.0 Å². The second kappa shape index (κ2) is 14.9. The van der Waals surface area contributed by atoms with Crippen molar-refractivity contribution >= 4 is 13.5 Å². The van der Waals surface area contributed by atoms with Crippen LogP contribution in [0.25, 0.3) is 0 Å². The Morgan fingerprint density at radius 3 is 2.43 bits per heavy atom. The first kappa shape index (κ1) is 33.3. The van der Waals surface area contributed by atoms with Crippen LogP contribution in [0.2, 0.25) is 0 Å². The fraction of sp³-hybridized carbons (Fsp3) is 0.833. The molecule has 0 radical (unpaired) electrons. The van der Waals surface area contributed by atoms with Gasteiger partial charge in [-0.2, -0.15) is 0 Å². The zero-order valence-electron chi connectivity index (χ0n) is 23.2. The van der Waals surface area contributed by atoms with E-state index in [2.05, 4.69) is 5.32 Å². The molecule has 17 nitrogen and oxygen atoms in total. The molecule has 0 aromatic heterocycles. The Hall–Kier alpha value is -1.57. The monoisotopic (exact) mass is 627 g/mol. The molecule has 5 N–H and O–H groups in total. The van der Waals surface area contributed by atoms with E-state index in [9.17, 15) is 34.4 Å². The summed E-state index contributed by atoms with van der Waals surface area (Å²) < 4.78 is 60.7. The number of ether oxygens (including phenoxy) is 7. The van der Waals surface area contributed by atoms with Gasteiger partial charge in [-0.1, -0.05) is 0 Å². The van der Waals surface area contributed by atoms with Crippen LogP contribution in [-0.2, 0) is 42.0 Å². The fourth-order valence-corrected chi connectivity index (χ4v) is 5.58. The van der Waals surface area contributed by atoms with Crippen molar-refractivity contribution in [2.75, 3.05) is 58.1 Å². The summed E-state index contributed by atoms with van der Waals surface area (Å²) in [5.41, 5.74) is -1.12. The molecule has 0 bridgehead atoms. The minimum Gasteiger partial charge on any atom is -0.488 e. The maximum Gasteiger partial charge on any atom is 0.472 e. The van der Waals surface area contributed by atoms with Crippen LogP contribution in [-0.4, -0.2) is 128 Å². The van der Waals surface area contributed by atoms with E-state index in [1.54, 1.807) is 13.8 Å². The summed E-state index contributed by atoms with van der Waals surface area (Å²) >= 11 is 0. The number of hydrogen-bond acceptors (Lipinski definition) is 16. The Labute approximate surface area is 240 Å². The van der Waals surface area contributed by atoms with Gasteiger partial charge in [0.25, 0.3) is 10.9 Å². The summed E-state index contributed by atoms with van der Waals surface area (Å²) in [6.45, 7) is 4.31. The van der Waals surface area contributed by atoms with E-state index in [4.69, 9.17) is 42.2 Å². The van der Waals surface area contributed by atoms with Crippen LogP contribution in [0.4, 0.5) is 5.69 Å². The minimum absolute atomic E-state index is 0.00983. The van der Waals surface area contributed by atoms with Crippen molar-refractivity contribution < 1.29 is 67.0 Å². The van der Waals surface area contributed by atoms with Gasteiger partial charge in [-0.05, 0) is 13.8 Å². The molecule has 240 valence electrons. The molecular formula is C24H38NO16P. The van der Waals surface area contributed by atoms with Crippen molar-refractivity contribution in [1.29, 1.82) is 0 Å². The van der Waals surface area contributed by atoms with Crippen LogP contribution < -0.4 is 20.9 Å². The number of aliphatic hydroxyl groups excluding tert-OH is 3. The summed E-state index contributed by atoms with van der Waals surface area (Å²) in [5, 5.41) is 34.1. The van der Waals surface area contributed by atoms with E-state index >= 15 is 0 Å². The summed E-state index contributed by atoms with van der Waals surface area (Å²) in [7, 11) is -4.41. The number of hydrogen-bond donors (Lipinski definition) is 5. The Bertz CT molecular complexity index is 1130. The summed E-state index contributed by atoms with van der Waals surface area (Å²) in [6, 6.07) is 0. The Morgan fingerprint density at radius 2 is 1.69 bits per heavy atom. The number of aliphatic hydroxyl groups is 3. The molecule has 10 atom stereocenters. The zero-order valence-corrected chi connectivity index (χ0v) is 24.1. The Morgan fingerprint density at radius 1 is 0.976 bits per heavy atom. The van der Waals surface area contributed by atoms with Crippen molar-refractivity contribution in [2.45, 2.75) is 75.6 Å². The van der Waals surface area contributed by atoms with E-state index in [0.717, 1.165) is 0 Å². The molecule has 3 heterocycles. The van der Waals surface area contributed by atoms with Gasteiger partial charge >= 0.3 is 7.82 Å². The van der Waals surface area contributed by atoms with E-state index in [1.807, 2.05) is 0 Å². The lowest BCUT2D eigenvalue weighted by molar-refractivity contribution is -0.357. The first-order chi connectivity index (χ1) is 20.0. The maximum absolute atomic E-state index is 11.9. The van der Waals surface area contributed by atoms with Crippen molar-refractivity contribution in [3.8, 4) is 5.75 Å². The third kappa shape index (κ3) is 8.12. The third-order valence-corrected chi connectivity index (χ3v) is 7.82. The molecule has 3 aliphatic heterocycles. The number of phosphoric ester groups is 1. The van der Waals surface area contributed by atoms with Crippen LogP contribution in [0.3, 0.4) is 0 Å². The van der Waals surface area contributed by atoms with Crippen molar-refractivity contribution in [3.05, 3.63) is 20.4 Å². The Balaban J connectivity index is 1.19. The summed E-state index contributed by atoms with van der Waals surface area (Å²) in [5.74, 6) is 0.0381. The van der Waals surface area contributed by atoms with Gasteiger partial charge in [-0.15, -0.1) is 0 Å². The van der Waals surface area contributed by atoms with E-state index in [0.29, 0.717) is 0 Å².